The summed E-state index contributed by atoms with van der Waals surface area (Å²) in [6.07, 6.45) is 8.61. The van der Waals surface area contributed by atoms with E-state index in [4.69, 9.17) is 9.47 Å². The van der Waals surface area contributed by atoms with Crippen LogP contribution in [0, 0.1) is 5.41 Å². The van der Waals surface area contributed by atoms with Crippen molar-refractivity contribution in [3.05, 3.63) is 11.6 Å². The van der Waals surface area contributed by atoms with Gasteiger partial charge in [0.1, 0.15) is 0 Å². The molecule has 0 aromatic carbocycles. The van der Waals surface area contributed by atoms with Crippen molar-refractivity contribution in [3.63, 3.8) is 0 Å². The molecule has 1 atom stereocenters. The fourth-order valence-corrected chi connectivity index (χ4v) is 3.45. The highest BCUT2D eigenvalue weighted by Gasteiger charge is 2.49. The van der Waals surface area contributed by atoms with Gasteiger partial charge in [-0.05, 0) is 25.7 Å². The summed E-state index contributed by atoms with van der Waals surface area (Å²) in [4.78, 5) is 0. The normalized spacial score (nSPS) is 37.2. The Morgan fingerprint density at radius 2 is 2.00 bits per heavy atom. The summed E-state index contributed by atoms with van der Waals surface area (Å²) in [5.41, 5.74) is 1.44. The van der Waals surface area contributed by atoms with E-state index in [1.807, 2.05) is 0 Å². The molecule has 2 aliphatic carbocycles. The van der Waals surface area contributed by atoms with Crippen LogP contribution in [0.2, 0.25) is 0 Å². The molecule has 90 valence electrons. The minimum Gasteiger partial charge on any atom is -0.395 e. The first-order valence-corrected chi connectivity index (χ1v) is 6.37. The van der Waals surface area contributed by atoms with Crippen molar-refractivity contribution < 1.29 is 14.6 Å². The van der Waals surface area contributed by atoms with Crippen LogP contribution in [0.5, 0.6) is 0 Å². The van der Waals surface area contributed by atoms with E-state index in [-0.39, 0.29) is 17.8 Å². The van der Waals surface area contributed by atoms with Gasteiger partial charge in [0, 0.05) is 18.3 Å². The van der Waals surface area contributed by atoms with Gasteiger partial charge in [-0.25, -0.2) is 0 Å². The molecule has 1 N–H and O–H groups in total. The Hall–Kier alpha value is -0.380. The zero-order valence-electron chi connectivity index (χ0n) is 9.71. The summed E-state index contributed by atoms with van der Waals surface area (Å²) in [6.45, 7) is 1.73. The average molecular weight is 224 g/mol. The lowest BCUT2D eigenvalue weighted by Crippen LogP contribution is -2.44. The third kappa shape index (κ3) is 1.53. The lowest BCUT2D eigenvalue weighted by Gasteiger charge is -2.46. The van der Waals surface area contributed by atoms with Crippen molar-refractivity contribution in [2.24, 2.45) is 5.41 Å². The van der Waals surface area contributed by atoms with Gasteiger partial charge in [0.05, 0.1) is 19.8 Å². The maximum atomic E-state index is 9.69. The summed E-state index contributed by atoms with van der Waals surface area (Å²) in [5, 5.41) is 9.69. The van der Waals surface area contributed by atoms with Gasteiger partial charge in [-0.1, -0.05) is 11.6 Å². The highest BCUT2D eigenvalue weighted by atomic mass is 16.7. The summed E-state index contributed by atoms with van der Waals surface area (Å²) < 4.78 is 11.6. The zero-order valence-corrected chi connectivity index (χ0v) is 9.71. The topological polar surface area (TPSA) is 38.7 Å². The van der Waals surface area contributed by atoms with E-state index < -0.39 is 0 Å². The summed E-state index contributed by atoms with van der Waals surface area (Å²) in [7, 11) is 0. The number of fused-ring (bicyclic) bond motifs is 1. The Morgan fingerprint density at radius 3 is 2.75 bits per heavy atom. The summed E-state index contributed by atoms with van der Waals surface area (Å²) in [6, 6.07) is 0. The second-order valence-corrected chi connectivity index (χ2v) is 5.34. The van der Waals surface area contributed by atoms with Gasteiger partial charge in [0.2, 0.25) is 0 Å². The van der Waals surface area contributed by atoms with Crippen LogP contribution < -0.4 is 0 Å². The molecule has 2 fully saturated rings. The van der Waals surface area contributed by atoms with Gasteiger partial charge in [-0.2, -0.15) is 0 Å². The van der Waals surface area contributed by atoms with Crippen molar-refractivity contribution in [3.8, 4) is 0 Å². The van der Waals surface area contributed by atoms with Gasteiger partial charge in [0.25, 0.3) is 0 Å². The zero-order chi connectivity index (χ0) is 11.1. The maximum Gasteiger partial charge on any atom is 0.172 e. The van der Waals surface area contributed by atoms with Crippen LogP contribution in [-0.2, 0) is 9.47 Å². The van der Waals surface area contributed by atoms with Crippen molar-refractivity contribution in [2.75, 3.05) is 19.8 Å². The molecule has 0 bridgehead atoms. The number of aliphatic hydroxyl groups excluding tert-OH is 1. The van der Waals surface area contributed by atoms with Gasteiger partial charge < -0.3 is 14.6 Å². The van der Waals surface area contributed by atoms with Gasteiger partial charge in [-0.3, -0.25) is 0 Å². The van der Waals surface area contributed by atoms with Gasteiger partial charge in [-0.15, -0.1) is 0 Å². The minimum absolute atomic E-state index is 0.0544. The van der Waals surface area contributed by atoms with Crippen LogP contribution in [0.15, 0.2) is 11.6 Å². The molecule has 0 aromatic rings. The first-order chi connectivity index (χ1) is 7.79. The number of hydrogen-bond donors (Lipinski definition) is 1. The molecular weight excluding hydrogens is 204 g/mol. The van der Waals surface area contributed by atoms with Crippen molar-refractivity contribution in [1.29, 1.82) is 0 Å². The van der Waals surface area contributed by atoms with Crippen LogP contribution in [0.3, 0.4) is 0 Å². The van der Waals surface area contributed by atoms with Crippen molar-refractivity contribution in [1.82, 2.24) is 0 Å². The predicted molar refractivity (Wildman–Crippen MR) is 59.9 cm³/mol. The van der Waals surface area contributed by atoms with Crippen molar-refractivity contribution >= 4 is 0 Å². The smallest absolute Gasteiger partial charge is 0.172 e. The Bertz CT molecular complexity index is 304. The summed E-state index contributed by atoms with van der Waals surface area (Å²) >= 11 is 0. The molecule has 1 saturated carbocycles. The second kappa shape index (κ2) is 3.83. The predicted octanol–water partition coefficient (Wildman–Crippen LogP) is 2.00. The monoisotopic (exact) mass is 224 g/mol. The van der Waals surface area contributed by atoms with Crippen LogP contribution >= 0.6 is 0 Å². The minimum atomic E-state index is -0.345. The van der Waals surface area contributed by atoms with Crippen LogP contribution in [-0.4, -0.2) is 30.7 Å². The number of ether oxygens (including phenoxy) is 2. The molecular formula is C13H20O3. The summed E-state index contributed by atoms with van der Waals surface area (Å²) in [5.74, 6) is -0.345. The van der Waals surface area contributed by atoms with Crippen LogP contribution in [0.4, 0.5) is 0 Å². The molecule has 0 amide bonds. The second-order valence-electron chi connectivity index (χ2n) is 5.34. The molecule has 16 heavy (non-hydrogen) atoms. The molecule has 3 aliphatic rings. The van der Waals surface area contributed by atoms with E-state index >= 15 is 0 Å². The lowest BCUT2D eigenvalue weighted by atomic mass is 9.64. The Morgan fingerprint density at radius 1 is 1.19 bits per heavy atom. The van der Waals surface area contributed by atoms with Crippen molar-refractivity contribution in [2.45, 2.75) is 44.3 Å². The van der Waals surface area contributed by atoms with E-state index in [1.165, 1.54) is 12.0 Å². The fourth-order valence-electron chi connectivity index (χ4n) is 3.45. The SMILES string of the molecule is OCC12CCCC=C1CC1(CC2)OCCO1. The lowest BCUT2D eigenvalue weighted by molar-refractivity contribution is -0.180. The molecule has 1 aliphatic heterocycles. The maximum absolute atomic E-state index is 9.69. The van der Waals surface area contributed by atoms with Gasteiger partial charge >= 0.3 is 0 Å². The molecule has 1 heterocycles. The number of hydrogen-bond acceptors (Lipinski definition) is 3. The van der Waals surface area contributed by atoms with Gasteiger partial charge in [0.15, 0.2) is 5.79 Å². The highest BCUT2D eigenvalue weighted by Crippen LogP contribution is 2.52. The van der Waals surface area contributed by atoms with Crippen LogP contribution in [0.25, 0.3) is 0 Å². The largest absolute Gasteiger partial charge is 0.395 e. The molecule has 3 rings (SSSR count). The van der Waals surface area contributed by atoms with Crippen LogP contribution in [0.1, 0.15) is 38.5 Å². The number of aliphatic hydroxyl groups is 1. The standard InChI is InChI=1S/C13H20O3/c14-10-12-4-2-1-3-11(12)9-13(6-5-12)15-7-8-16-13/h3,14H,1-2,4-10H2. The molecule has 1 spiro atoms. The molecule has 1 saturated heterocycles. The first-order valence-electron chi connectivity index (χ1n) is 6.37. The Balaban J connectivity index is 1.85. The molecule has 0 radical (unpaired) electrons. The third-order valence-corrected chi connectivity index (χ3v) is 4.49. The molecule has 0 aromatic heterocycles. The van der Waals surface area contributed by atoms with E-state index in [0.717, 1.165) is 45.3 Å². The highest BCUT2D eigenvalue weighted by molar-refractivity contribution is 5.23. The van der Waals surface area contributed by atoms with E-state index in [1.54, 1.807) is 0 Å². The average Bonchev–Trinajstić information content (AvgIpc) is 2.78. The molecule has 3 heteroatoms. The number of rotatable bonds is 1. The Labute approximate surface area is 96.4 Å². The number of allylic oxidation sites excluding steroid dienone is 1. The first kappa shape index (κ1) is 10.8. The quantitative estimate of drug-likeness (QED) is 0.692. The third-order valence-electron chi connectivity index (χ3n) is 4.49. The molecule has 3 nitrogen and oxygen atoms in total. The Kier molecular flexibility index (Phi) is 2.57. The van der Waals surface area contributed by atoms with E-state index in [2.05, 4.69) is 6.08 Å². The fraction of sp³-hybridized carbons (Fsp3) is 0.846. The van der Waals surface area contributed by atoms with E-state index in [9.17, 15) is 5.11 Å². The molecule has 1 unspecified atom stereocenters. The van der Waals surface area contributed by atoms with E-state index in [0.29, 0.717) is 0 Å².